The number of amides is 2. The maximum atomic E-state index is 11.8. The summed E-state index contributed by atoms with van der Waals surface area (Å²) in [4.78, 5) is 24.9. The van der Waals surface area contributed by atoms with Crippen LogP contribution < -0.4 is 5.32 Å². The summed E-state index contributed by atoms with van der Waals surface area (Å²) in [6.07, 6.45) is 5.02. The van der Waals surface area contributed by atoms with Crippen molar-refractivity contribution in [3.05, 3.63) is 42.0 Å². The van der Waals surface area contributed by atoms with Crippen molar-refractivity contribution >= 4 is 17.9 Å². The Balaban J connectivity index is 1.78. The highest BCUT2D eigenvalue weighted by atomic mass is 16.2. The van der Waals surface area contributed by atoms with Gasteiger partial charge in [-0.15, -0.1) is 0 Å². The molecule has 4 heteroatoms. The first-order valence-electron chi connectivity index (χ1n) is 6.94. The second kappa shape index (κ2) is 6.89. The quantitative estimate of drug-likeness (QED) is 0.853. The third-order valence-corrected chi connectivity index (χ3v) is 3.51. The molecule has 2 amide bonds. The van der Waals surface area contributed by atoms with E-state index in [1.807, 2.05) is 35.2 Å². The Morgan fingerprint density at radius 3 is 2.45 bits per heavy atom. The van der Waals surface area contributed by atoms with Crippen molar-refractivity contribution in [2.45, 2.75) is 25.8 Å². The van der Waals surface area contributed by atoms with Crippen LogP contribution >= 0.6 is 0 Å². The van der Waals surface area contributed by atoms with E-state index in [0.29, 0.717) is 0 Å². The van der Waals surface area contributed by atoms with E-state index in [1.54, 1.807) is 19.1 Å². The molecule has 0 spiro atoms. The van der Waals surface area contributed by atoms with Gasteiger partial charge in [0.1, 0.15) is 0 Å². The summed E-state index contributed by atoms with van der Waals surface area (Å²) in [5, 5.41) is 2.98. The predicted molar refractivity (Wildman–Crippen MR) is 78.9 cm³/mol. The van der Waals surface area contributed by atoms with Crippen molar-refractivity contribution < 1.29 is 9.59 Å². The van der Waals surface area contributed by atoms with Gasteiger partial charge in [-0.25, -0.2) is 0 Å². The van der Waals surface area contributed by atoms with Crippen LogP contribution in [0.3, 0.4) is 0 Å². The summed E-state index contributed by atoms with van der Waals surface area (Å²) in [5.74, 6) is 0.0360. The van der Waals surface area contributed by atoms with Crippen LogP contribution in [0.5, 0.6) is 0 Å². The zero-order valence-electron chi connectivity index (χ0n) is 11.7. The number of nitrogens with zero attached hydrogens (tertiary/aromatic N) is 1. The van der Waals surface area contributed by atoms with Gasteiger partial charge in [-0.05, 0) is 24.5 Å². The van der Waals surface area contributed by atoms with Crippen molar-refractivity contribution in [3.63, 3.8) is 0 Å². The number of carbonyl (C=O) groups is 2. The SMILES string of the molecule is CC(=O)N1CCC(NC(=O)/C=C/c2ccccc2)CC1. The Labute approximate surface area is 119 Å². The minimum atomic E-state index is -0.0740. The molecule has 4 nitrogen and oxygen atoms in total. The first-order chi connectivity index (χ1) is 9.65. The van der Waals surface area contributed by atoms with Crippen LogP contribution in [0.15, 0.2) is 36.4 Å². The number of hydrogen-bond donors (Lipinski definition) is 1. The van der Waals surface area contributed by atoms with Crippen molar-refractivity contribution in [3.8, 4) is 0 Å². The third kappa shape index (κ3) is 4.23. The van der Waals surface area contributed by atoms with Crippen LogP contribution in [0.1, 0.15) is 25.3 Å². The smallest absolute Gasteiger partial charge is 0.244 e. The highest BCUT2D eigenvalue weighted by Gasteiger charge is 2.21. The topological polar surface area (TPSA) is 49.4 Å². The number of rotatable bonds is 3. The summed E-state index contributed by atoms with van der Waals surface area (Å²) in [7, 11) is 0. The van der Waals surface area contributed by atoms with E-state index < -0.39 is 0 Å². The molecule has 1 aliphatic rings. The van der Waals surface area contributed by atoms with Gasteiger partial charge in [0.05, 0.1) is 0 Å². The molecule has 0 bridgehead atoms. The number of piperidine rings is 1. The molecule has 1 heterocycles. The lowest BCUT2D eigenvalue weighted by Gasteiger charge is -2.31. The molecule has 2 rings (SSSR count). The van der Waals surface area contributed by atoms with Gasteiger partial charge in [-0.2, -0.15) is 0 Å². The minimum absolute atomic E-state index is 0.0740. The van der Waals surface area contributed by atoms with Gasteiger partial charge in [0.15, 0.2) is 0 Å². The van der Waals surface area contributed by atoms with E-state index >= 15 is 0 Å². The minimum Gasteiger partial charge on any atom is -0.350 e. The van der Waals surface area contributed by atoms with Gasteiger partial charge >= 0.3 is 0 Å². The molecule has 106 valence electrons. The standard InChI is InChI=1S/C16H20N2O2/c1-13(19)18-11-9-15(10-12-18)17-16(20)8-7-14-5-3-2-4-6-14/h2-8,15H,9-12H2,1H3,(H,17,20)/b8-7+. The number of benzene rings is 1. The Morgan fingerprint density at radius 1 is 1.20 bits per heavy atom. The monoisotopic (exact) mass is 272 g/mol. The summed E-state index contributed by atoms with van der Waals surface area (Å²) in [6, 6.07) is 9.90. The van der Waals surface area contributed by atoms with E-state index in [2.05, 4.69) is 5.32 Å². The molecule has 20 heavy (non-hydrogen) atoms. The first kappa shape index (κ1) is 14.3. The van der Waals surface area contributed by atoms with E-state index in [0.717, 1.165) is 31.5 Å². The molecule has 0 saturated carbocycles. The second-order valence-corrected chi connectivity index (χ2v) is 5.03. The molecule has 1 aromatic rings. The van der Waals surface area contributed by atoms with Gasteiger partial charge in [-0.1, -0.05) is 30.3 Å². The number of carbonyl (C=O) groups excluding carboxylic acids is 2. The molecule has 1 N–H and O–H groups in total. The lowest BCUT2D eigenvalue weighted by Crippen LogP contribution is -2.45. The molecule has 1 saturated heterocycles. The lowest BCUT2D eigenvalue weighted by atomic mass is 10.0. The van der Waals surface area contributed by atoms with Gasteiger partial charge in [0.2, 0.25) is 11.8 Å². The van der Waals surface area contributed by atoms with E-state index in [1.165, 1.54) is 0 Å². The van der Waals surface area contributed by atoms with Crippen LogP contribution in [0.4, 0.5) is 0 Å². The number of nitrogens with one attached hydrogen (secondary N) is 1. The Hall–Kier alpha value is -2.10. The molecule has 0 aliphatic carbocycles. The van der Waals surface area contributed by atoms with Crippen molar-refractivity contribution in [1.29, 1.82) is 0 Å². The van der Waals surface area contributed by atoms with Crippen LogP contribution in [0.25, 0.3) is 6.08 Å². The average Bonchev–Trinajstić information content (AvgIpc) is 2.47. The fraction of sp³-hybridized carbons (Fsp3) is 0.375. The summed E-state index contributed by atoms with van der Waals surface area (Å²) < 4.78 is 0. The Kier molecular flexibility index (Phi) is 4.93. The molecule has 0 aromatic heterocycles. The highest BCUT2D eigenvalue weighted by molar-refractivity contribution is 5.91. The fourth-order valence-electron chi connectivity index (χ4n) is 2.32. The van der Waals surface area contributed by atoms with Gasteiger partial charge < -0.3 is 10.2 Å². The van der Waals surface area contributed by atoms with Gasteiger partial charge in [0, 0.05) is 32.1 Å². The maximum absolute atomic E-state index is 11.8. The third-order valence-electron chi connectivity index (χ3n) is 3.51. The molecular formula is C16H20N2O2. The van der Waals surface area contributed by atoms with Crippen molar-refractivity contribution in [2.75, 3.05) is 13.1 Å². The van der Waals surface area contributed by atoms with E-state index in [4.69, 9.17) is 0 Å². The maximum Gasteiger partial charge on any atom is 0.244 e. The summed E-state index contributed by atoms with van der Waals surface area (Å²) in [6.45, 7) is 3.03. The fourth-order valence-corrected chi connectivity index (χ4v) is 2.32. The van der Waals surface area contributed by atoms with Gasteiger partial charge in [-0.3, -0.25) is 9.59 Å². The molecule has 0 radical (unpaired) electrons. The van der Waals surface area contributed by atoms with E-state index in [-0.39, 0.29) is 17.9 Å². The molecular weight excluding hydrogens is 252 g/mol. The molecule has 1 fully saturated rings. The summed E-state index contributed by atoms with van der Waals surface area (Å²) in [5.41, 5.74) is 1.01. The highest BCUT2D eigenvalue weighted by Crippen LogP contribution is 2.10. The normalized spacial score (nSPS) is 16.4. The predicted octanol–water partition coefficient (Wildman–Crippen LogP) is 1.83. The molecule has 1 aromatic carbocycles. The van der Waals surface area contributed by atoms with Gasteiger partial charge in [0.25, 0.3) is 0 Å². The second-order valence-electron chi connectivity index (χ2n) is 5.03. The van der Waals surface area contributed by atoms with E-state index in [9.17, 15) is 9.59 Å². The lowest BCUT2D eigenvalue weighted by molar-refractivity contribution is -0.129. The molecule has 1 aliphatic heterocycles. The Morgan fingerprint density at radius 2 is 1.85 bits per heavy atom. The van der Waals surface area contributed by atoms with Crippen LogP contribution in [0.2, 0.25) is 0 Å². The van der Waals surface area contributed by atoms with Crippen molar-refractivity contribution in [2.24, 2.45) is 0 Å². The van der Waals surface area contributed by atoms with Crippen LogP contribution in [0, 0.1) is 0 Å². The summed E-state index contributed by atoms with van der Waals surface area (Å²) >= 11 is 0. The first-order valence-corrected chi connectivity index (χ1v) is 6.94. The number of likely N-dealkylation sites (tertiary alicyclic amines) is 1. The average molecular weight is 272 g/mol. The van der Waals surface area contributed by atoms with Crippen LogP contribution in [-0.2, 0) is 9.59 Å². The van der Waals surface area contributed by atoms with Crippen molar-refractivity contribution in [1.82, 2.24) is 10.2 Å². The largest absolute Gasteiger partial charge is 0.350 e. The number of hydrogen-bond acceptors (Lipinski definition) is 2. The zero-order valence-corrected chi connectivity index (χ0v) is 11.7. The zero-order chi connectivity index (χ0) is 14.4. The Bertz CT molecular complexity index is 488. The van der Waals surface area contributed by atoms with Crippen LogP contribution in [-0.4, -0.2) is 35.8 Å². The molecule has 0 unspecified atom stereocenters. The molecule has 0 atom stereocenters.